The first-order valence-corrected chi connectivity index (χ1v) is 8.31. The lowest BCUT2D eigenvalue weighted by atomic mass is 10.0. The number of nitrogens with zero attached hydrogens (tertiary/aromatic N) is 1. The molecule has 21 heavy (non-hydrogen) atoms. The van der Waals surface area contributed by atoms with Crippen LogP contribution in [0.25, 0.3) is 0 Å². The van der Waals surface area contributed by atoms with Gasteiger partial charge in [-0.05, 0) is 37.1 Å². The van der Waals surface area contributed by atoms with Crippen LogP contribution >= 0.6 is 24.0 Å². The van der Waals surface area contributed by atoms with E-state index in [2.05, 4.69) is 0 Å². The van der Waals surface area contributed by atoms with Crippen LogP contribution in [0.2, 0.25) is 5.02 Å². The van der Waals surface area contributed by atoms with Crippen LogP contribution in [0.4, 0.5) is 0 Å². The molecule has 0 aliphatic carbocycles. The standard InChI is InChI=1S/C13H19ClN2O3S.ClH/c1-19-12-6-7-16(11(8-12)9-15)20(17,18)13-4-2-10(14)3-5-13;/h2-5,11-12H,6-9,15H2,1H3;1H. The van der Waals surface area contributed by atoms with Crippen molar-refractivity contribution < 1.29 is 13.2 Å². The average Bonchev–Trinajstić information content (AvgIpc) is 2.46. The molecule has 1 aliphatic heterocycles. The summed E-state index contributed by atoms with van der Waals surface area (Å²) < 4.78 is 32.1. The molecule has 0 radical (unpaired) electrons. The van der Waals surface area contributed by atoms with Gasteiger partial charge in [-0.15, -0.1) is 12.4 Å². The van der Waals surface area contributed by atoms with Crippen molar-refractivity contribution in [3.05, 3.63) is 29.3 Å². The van der Waals surface area contributed by atoms with Crippen molar-refractivity contribution in [1.29, 1.82) is 0 Å². The van der Waals surface area contributed by atoms with E-state index in [4.69, 9.17) is 22.1 Å². The highest BCUT2D eigenvalue weighted by molar-refractivity contribution is 7.89. The summed E-state index contributed by atoms with van der Waals surface area (Å²) in [7, 11) is -1.89. The summed E-state index contributed by atoms with van der Waals surface area (Å²) in [6.45, 7) is 0.706. The largest absolute Gasteiger partial charge is 0.381 e. The van der Waals surface area contributed by atoms with E-state index in [1.54, 1.807) is 19.2 Å². The quantitative estimate of drug-likeness (QED) is 0.895. The Labute approximate surface area is 136 Å². The Balaban J connectivity index is 0.00000220. The highest BCUT2D eigenvalue weighted by atomic mass is 35.5. The molecule has 1 fully saturated rings. The first-order chi connectivity index (χ1) is 9.48. The Hall–Kier alpha value is -0.370. The van der Waals surface area contributed by atoms with E-state index in [0.717, 1.165) is 0 Å². The van der Waals surface area contributed by atoms with Gasteiger partial charge >= 0.3 is 0 Å². The number of halogens is 2. The molecule has 1 saturated heterocycles. The molecule has 1 aromatic rings. The summed E-state index contributed by atoms with van der Waals surface area (Å²) in [5, 5.41) is 0.511. The fourth-order valence-electron chi connectivity index (χ4n) is 2.48. The first-order valence-electron chi connectivity index (χ1n) is 6.49. The van der Waals surface area contributed by atoms with Gasteiger partial charge in [0, 0.05) is 31.3 Å². The predicted molar refractivity (Wildman–Crippen MR) is 85.5 cm³/mol. The molecule has 1 aromatic carbocycles. The van der Waals surface area contributed by atoms with Crippen LogP contribution in [0.5, 0.6) is 0 Å². The Bertz CT molecular complexity index is 551. The van der Waals surface area contributed by atoms with Crippen LogP contribution in [-0.2, 0) is 14.8 Å². The van der Waals surface area contributed by atoms with E-state index < -0.39 is 10.0 Å². The summed E-state index contributed by atoms with van der Waals surface area (Å²) >= 11 is 5.80. The van der Waals surface area contributed by atoms with E-state index in [9.17, 15) is 8.42 Å². The van der Waals surface area contributed by atoms with Gasteiger partial charge in [0.1, 0.15) is 0 Å². The van der Waals surface area contributed by atoms with Gasteiger partial charge in [0.15, 0.2) is 0 Å². The molecule has 1 heterocycles. The molecule has 2 rings (SSSR count). The normalized spacial score (nSPS) is 23.6. The molecule has 0 spiro atoms. The van der Waals surface area contributed by atoms with Gasteiger partial charge in [0.05, 0.1) is 11.0 Å². The number of rotatable bonds is 4. The molecule has 0 saturated carbocycles. The minimum atomic E-state index is -3.53. The molecule has 0 amide bonds. The van der Waals surface area contributed by atoms with Gasteiger partial charge in [-0.2, -0.15) is 4.31 Å². The number of ether oxygens (including phenoxy) is 1. The Morgan fingerprint density at radius 2 is 2.00 bits per heavy atom. The number of methoxy groups -OCH3 is 1. The maximum absolute atomic E-state index is 12.6. The summed E-state index contributed by atoms with van der Waals surface area (Å²) in [6, 6.07) is 5.97. The minimum absolute atomic E-state index is 0. The van der Waals surface area contributed by atoms with E-state index in [1.165, 1.54) is 16.4 Å². The lowest BCUT2D eigenvalue weighted by molar-refractivity contribution is 0.0401. The van der Waals surface area contributed by atoms with Crippen molar-refractivity contribution in [2.45, 2.75) is 29.9 Å². The van der Waals surface area contributed by atoms with Gasteiger partial charge in [-0.25, -0.2) is 8.42 Å². The first kappa shape index (κ1) is 18.7. The second-order valence-electron chi connectivity index (χ2n) is 4.84. The van der Waals surface area contributed by atoms with E-state index in [-0.39, 0.29) is 36.0 Å². The van der Waals surface area contributed by atoms with E-state index in [0.29, 0.717) is 24.4 Å². The third-order valence-corrected chi connectivity index (χ3v) is 5.86. The summed E-state index contributed by atoms with van der Waals surface area (Å²) in [4.78, 5) is 0.246. The van der Waals surface area contributed by atoms with Crippen molar-refractivity contribution in [3.63, 3.8) is 0 Å². The summed E-state index contributed by atoms with van der Waals surface area (Å²) in [6.07, 6.45) is 1.37. The van der Waals surface area contributed by atoms with Gasteiger partial charge in [-0.3, -0.25) is 0 Å². The molecular weight excluding hydrogens is 335 g/mol. The predicted octanol–water partition coefficient (Wildman–Crippen LogP) is 1.89. The number of benzene rings is 1. The Morgan fingerprint density at radius 1 is 1.38 bits per heavy atom. The molecule has 2 atom stereocenters. The number of hydrogen-bond acceptors (Lipinski definition) is 4. The molecule has 0 aromatic heterocycles. The fourth-order valence-corrected chi connectivity index (χ4v) is 4.27. The maximum Gasteiger partial charge on any atom is 0.243 e. The van der Waals surface area contributed by atoms with Gasteiger partial charge in [0.2, 0.25) is 10.0 Å². The molecule has 8 heteroatoms. The number of piperidine rings is 1. The van der Waals surface area contributed by atoms with Gasteiger partial charge in [-0.1, -0.05) is 11.6 Å². The topological polar surface area (TPSA) is 72.6 Å². The van der Waals surface area contributed by atoms with Crippen molar-refractivity contribution >= 4 is 34.0 Å². The molecular formula is C13H20Cl2N2O3S. The van der Waals surface area contributed by atoms with Crippen LogP contribution in [-0.4, -0.2) is 45.1 Å². The molecule has 2 unspecified atom stereocenters. The second kappa shape index (κ2) is 7.76. The molecule has 2 N–H and O–H groups in total. The van der Waals surface area contributed by atoms with Crippen LogP contribution in [0.1, 0.15) is 12.8 Å². The van der Waals surface area contributed by atoms with Crippen molar-refractivity contribution in [1.82, 2.24) is 4.31 Å². The maximum atomic E-state index is 12.6. The average molecular weight is 355 g/mol. The SMILES string of the molecule is COC1CCN(S(=O)(=O)c2ccc(Cl)cc2)C(CN)C1.Cl. The molecule has 0 bridgehead atoms. The van der Waals surface area contributed by atoms with E-state index >= 15 is 0 Å². The van der Waals surface area contributed by atoms with Gasteiger partial charge in [0.25, 0.3) is 0 Å². The third-order valence-electron chi connectivity index (χ3n) is 3.64. The van der Waals surface area contributed by atoms with Crippen molar-refractivity contribution in [2.24, 2.45) is 5.73 Å². The smallest absolute Gasteiger partial charge is 0.243 e. The third kappa shape index (κ3) is 4.09. The van der Waals surface area contributed by atoms with Crippen LogP contribution in [0.15, 0.2) is 29.2 Å². The molecule has 1 aliphatic rings. The van der Waals surface area contributed by atoms with Crippen molar-refractivity contribution in [2.75, 3.05) is 20.2 Å². The second-order valence-corrected chi connectivity index (χ2v) is 7.17. The highest BCUT2D eigenvalue weighted by Gasteiger charge is 2.36. The van der Waals surface area contributed by atoms with Crippen LogP contribution in [0, 0.1) is 0 Å². The van der Waals surface area contributed by atoms with Crippen molar-refractivity contribution in [3.8, 4) is 0 Å². The lowest BCUT2D eigenvalue weighted by Crippen LogP contribution is -2.51. The highest BCUT2D eigenvalue weighted by Crippen LogP contribution is 2.26. The zero-order valence-electron chi connectivity index (χ0n) is 11.7. The lowest BCUT2D eigenvalue weighted by Gasteiger charge is -2.37. The van der Waals surface area contributed by atoms with Crippen LogP contribution < -0.4 is 5.73 Å². The number of hydrogen-bond donors (Lipinski definition) is 1. The Morgan fingerprint density at radius 3 is 2.52 bits per heavy atom. The minimum Gasteiger partial charge on any atom is -0.381 e. The summed E-state index contributed by atoms with van der Waals surface area (Å²) in [5.41, 5.74) is 5.73. The number of sulfonamides is 1. The Kier molecular flexibility index (Phi) is 6.90. The molecule has 5 nitrogen and oxygen atoms in total. The monoisotopic (exact) mass is 354 g/mol. The number of nitrogens with two attached hydrogens (primary N) is 1. The zero-order valence-corrected chi connectivity index (χ0v) is 14.1. The van der Waals surface area contributed by atoms with E-state index in [1.807, 2.05) is 0 Å². The zero-order chi connectivity index (χ0) is 14.8. The summed E-state index contributed by atoms with van der Waals surface area (Å²) in [5.74, 6) is 0. The van der Waals surface area contributed by atoms with Gasteiger partial charge < -0.3 is 10.5 Å². The molecule has 120 valence electrons. The van der Waals surface area contributed by atoms with Crippen LogP contribution in [0.3, 0.4) is 0 Å². The fraction of sp³-hybridized carbons (Fsp3) is 0.538.